The van der Waals surface area contributed by atoms with Crippen LogP contribution in [-0.2, 0) is 11.3 Å². The molecule has 1 saturated carbocycles. The molecule has 0 heterocycles. The van der Waals surface area contributed by atoms with Crippen LogP contribution in [0.25, 0.3) is 0 Å². The third-order valence-electron chi connectivity index (χ3n) is 4.45. The fourth-order valence-electron chi connectivity index (χ4n) is 2.86. The summed E-state index contributed by atoms with van der Waals surface area (Å²) in [5.41, 5.74) is 6.54. The third kappa shape index (κ3) is 3.53. The molecule has 2 rings (SSSR count). The number of halogens is 1. The summed E-state index contributed by atoms with van der Waals surface area (Å²) in [6, 6.07) is 7.56. The number of benzene rings is 1. The van der Waals surface area contributed by atoms with Gasteiger partial charge in [-0.3, -0.25) is 4.79 Å². The topological polar surface area (TPSA) is 55.1 Å². The molecular weight excluding hydrogens is 272 g/mol. The molecule has 0 unspecified atom stereocenters. The molecule has 0 bridgehead atoms. The van der Waals surface area contributed by atoms with Crippen LogP contribution in [0.4, 0.5) is 0 Å². The van der Waals surface area contributed by atoms with Crippen LogP contribution in [0.3, 0.4) is 0 Å². The van der Waals surface area contributed by atoms with Crippen molar-refractivity contribution < 1.29 is 4.79 Å². The molecule has 0 aromatic heterocycles. The Hall–Kier alpha value is -1.06. The smallest absolute Gasteiger partial charge is 0.227 e. The first-order valence-corrected chi connectivity index (χ1v) is 7.66. The Morgan fingerprint density at radius 1 is 1.45 bits per heavy atom. The van der Waals surface area contributed by atoms with E-state index in [1.165, 1.54) is 0 Å². The molecule has 4 heteroatoms. The summed E-state index contributed by atoms with van der Waals surface area (Å²) in [4.78, 5) is 12.5. The molecule has 1 aliphatic carbocycles. The van der Waals surface area contributed by atoms with Gasteiger partial charge in [0.25, 0.3) is 0 Å². The van der Waals surface area contributed by atoms with E-state index in [1.807, 2.05) is 24.3 Å². The minimum Gasteiger partial charge on any atom is -0.352 e. The van der Waals surface area contributed by atoms with Crippen LogP contribution >= 0.6 is 11.6 Å². The highest BCUT2D eigenvalue weighted by Gasteiger charge is 2.39. The van der Waals surface area contributed by atoms with Crippen molar-refractivity contribution in [3.05, 3.63) is 34.9 Å². The zero-order valence-electron chi connectivity index (χ0n) is 12.0. The Labute approximate surface area is 125 Å². The zero-order valence-corrected chi connectivity index (χ0v) is 12.7. The van der Waals surface area contributed by atoms with Crippen LogP contribution in [-0.4, -0.2) is 12.5 Å². The molecule has 1 aromatic carbocycles. The predicted molar refractivity (Wildman–Crippen MR) is 82.4 cm³/mol. The Morgan fingerprint density at radius 2 is 2.15 bits per heavy atom. The first-order valence-electron chi connectivity index (χ1n) is 7.28. The minimum atomic E-state index is -0.370. The normalized spacial score (nSPS) is 26.2. The quantitative estimate of drug-likeness (QED) is 0.896. The van der Waals surface area contributed by atoms with Crippen molar-refractivity contribution in [3.8, 4) is 0 Å². The van der Waals surface area contributed by atoms with E-state index in [0.717, 1.165) is 31.2 Å². The van der Waals surface area contributed by atoms with Gasteiger partial charge in [0.1, 0.15) is 0 Å². The van der Waals surface area contributed by atoms with Gasteiger partial charge in [-0.25, -0.2) is 0 Å². The van der Waals surface area contributed by atoms with Gasteiger partial charge in [-0.05, 0) is 49.3 Å². The Balaban J connectivity index is 1.96. The lowest BCUT2D eigenvalue weighted by atomic mass is 9.70. The molecule has 1 aliphatic rings. The van der Waals surface area contributed by atoms with E-state index in [9.17, 15) is 4.79 Å². The van der Waals surface area contributed by atoms with Gasteiger partial charge in [-0.2, -0.15) is 0 Å². The second-order valence-electron chi connectivity index (χ2n) is 5.98. The lowest BCUT2D eigenvalue weighted by Crippen LogP contribution is -2.47. The number of nitrogens with two attached hydrogens (primary N) is 1. The van der Waals surface area contributed by atoms with Crippen LogP contribution in [0.2, 0.25) is 5.02 Å². The summed E-state index contributed by atoms with van der Waals surface area (Å²) in [5.74, 6) is 0.794. The Kier molecular flexibility index (Phi) is 5.06. The average molecular weight is 295 g/mol. The maximum absolute atomic E-state index is 12.5. The molecule has 110 valence electrons. The number of hydrogen-bond acceptors (Lipinski definition) is 2. The van der Waals surface area contributed by atoms with E-state index < -0.39 is 0 Å². The number of amides is 1. The van der Waals surface area contributed by atoms with E-state index in [2.05, 4.69) is 12.2 Å². The highest BCUT2D eigenvalue weighted by Crippen LogP contribution is 2.38. The van der Waals surface area contributed by atoms with Gasteiger partial charge >= 0.3 is 0 Å². The van der Waals surface area contributed by atoms with Crippen LogP contribution in [0, 0.1) is 11.3 Å². The molecule has 1 fully saturated rings. The molecule has 0 aliphatic heterocycles. The van der Waals surface area contributed by atoms with Crippen molar-refractivity contribution in [3.63, 3.8) is 0 Å². The van der Waals surface area contributed by atoms with Gasteiger partial charge in [0.2, 0.25) is 5.91 Å². The summed E-state index contributed by atoms with van der Waals surface area (Å²) in [7, 11) is 0. The summed E-state index contributed by atoms with van der Waals surface area (Å²) < 4.78 is 0. The van der Waals surface area contributed by atoms with E-state index in [4.69, 9.17) is 17.3 Å². The van der Waals surface area contributed by atoms with Crippen LogP contribution in [0.1, 0.15) is 38.2 Å². The number of rotatable bonds is 4. The van der Waals surface area contributed by atoms with Gasteiger partial charge in [0, 0.05) is 18.1 Å². The molecule has 20 heavy (non-hydrogen) atoms. The van der Waals surface area contributed by atoms with Crippen molar-refractivity contribution >= 4 is 17.5 Å². The summed E-state index contributed by atoms with van der Waals surface area (Å²) in [6.45, 7) is 3.18. The van der Waals surface area contributed by atoms with Gasteiger partial charge < -0.3 is 11.1 Å². The number of hydrogen-bond donors (Lipinski definition) is 2. The lowest BCUT2D eigenvalue weighted by Gasteiger charge is -2.37. The van der Waals surface area contributed by atoms with Gasteiger partial charge in [-0.15, -0.1) is 0 Å². The second-order valence-corrected chi connectivity index (χ2v) is 6.42. The minimum absolute atomic E-state index is 0.0897. The monoisotopic (exact) mass is 294 g/mol. The van der Waals surface area contributed by atoms with Crippen molar-refractivity contribution in [2.45, 2.75) is 39.2 Å². The predicted octanol–water partition coefficient (Wildman–Crippen LogP) is 3.11. The standard InChI is InChI=1S/C16H23ClN2O/c1-12-5-7-16(11-18,8-6-12)15(20)19-10-13-3-2-4-14(17)9-13/h2-4,9,12H,5-8,10-11,18H2,1H3,(H,19,20). The molecule has 1 amide bonds. The maximum Gasteiger partial charge on any atom is 0.227 e. The first kappa shape index (κ1) is 15.3. The molecule has 0 spiro atoms. The van der Waals surface area contributed by atoms with Gasteiger partial charge in [0.15, 0.2) is 0 Å². The number of nitrogens with one attached hydrogen (secondary N) is 1. The summed E-state index contributed by atoms with van der Waals surface area (Å²) in [5, 5.41) is 3.72. The molecule has 3 N–H and O–H groups in total. The van der Waals surface area contributed by atoms with Gasteiger partial charge in [-0.1, -0.05) is 30.7 Å². The fraction of sp³-hybridized carbons (Fsp3) is 0.562. The molecular formula is C16H23ClN2O. The SMILES string of the molecule is CC1CCC(CN)(C(=O)NCc2cccc(Cl)c2)CC1. The van der Waals surface area contributed by atoms with Crippen LogP contribution < -0.4 is 11.1 Å². The van der Waals surface area contributed by atoms with E-state index in [-0.39, 0.29) is 11.3 Å². The molecule has 0 radical (unpaired) electrons. The van der Waals surface area contributed by atoms with E-state index in [1.54, 1.807) is 0 Å². The lowest BCUT2D eigenvalue weighted by molar-refractivity contribution is -0.133. The van der Waals surface area contributed by atoms with E-state index in [0.29, 0.717) is 24.0 Å². The summed E-state index contributed by atoms with van der Waals surface area (Å²) in [6.07, 6.45) is 3.96. The van der Waals surface area contributed by atoms with Crippen molar-refractivity contribution in [1.29, 1.82) is 0 Å². The largest absolute Gasteiger partial charge is 0.352 e. The van der Waals surface area contributed by atoms with Crippen molar-refractivity contribution in [2.75, 3.05) is 6.54 Å². The summed E-state index contributed by atoms with van der Waals surface area (Å²) >= 11 is 5.95. The first-order chi connectivity index (χ1) is 9.55. The molecule has 0 atom stereocenters. The maximum atomic E-state index is 12.5. The van der Waals surface area contributed by atoms with Crippen molar-refractivity contribution in [1.82, 2.24) is 5.32 Å². The third-order valence-corrected chi connectivity index (χ3v) is 4.68. The van der Waals surface area contributed by atoms with Crippen molar-refractivity contribution in [2.24, 2.45) is 17.1 Å². The number of carbonyl (C=O) groups excluding carboxylic acids is 1. The Morgan fingerprint density at radius 3 is 2.75 bits per heavy atom. The second kappa shape index (κ2) is 6.59. The molecule has 3 nitrogen and oxygen atoms in total. The fourth-order valence-corrected chi connectivity index (χ4v) is 3.07. The van der Waals surface area contributed by atoms with Crippen LogP contribution in [0.5, 0.6) is 0 Å². The zero-order chi connectivity index (χ0) is 14.6. The van der Waals surface area contributed by atoms with Gasteiger partial charge in [0.05, 0.1) is 5.41 Å². The Bertz CT molecular complexity index is 467. The van der Waals surface area contributed by atoms with Crippen LogP contribution in [0.15, 0.2) is 24.3 Å². The van der Waals surface area contributed by atoms with E-state index >= 15 is 0 Å². The number of carbonyl (C=O) groups is 1. The molecule has 1 aromatic rings. The molecule has 0 saturated heterocycles. The average Bonchev–Trinajstić information content (AvgIpc) is 2.46. The highest BCUT2D eigenvalue weighted by atomic mass is 35.5. The highest BCUT2D eigenvalue weighted by molar-refractivity contribution is 6.30.